The Morgan fingerprint density at radius 1 is 0.591 bits per heavy atom. The van der Waals surface area contributed by atoms with E-state index >= 15 is 0 Å². The molecule has 244 valence electrons. The molecule has 0 fully saturated rings. The van der Waals surface area contributed by atoms with E-state index in [1.807, 2.05) is 13.0 Å². The number of hydrogen-bond acceptors (Lipinski definition) is 3. The maximum atomic E-state index is 12.2. The van der Waals surface area contributed by atoms with E-state index in [4.69, 9.17) is 0 Å². The summed E-state index contributed by atoms with van der Waals surface area (Å²) in [5.41, 5.74) is 0. The van der Waals surface area contributed by atoms with E-state index in [0.29, 0.717) is 6.42 Å². The quantitative estimate of drug-likeness (QED) is 0.0646. The van der Waals surface area contributed by atoms with Gasteiger partial charge in [-0.2, -0.15) is 0 Å². The van der Waals surface area contributed by atoms with Crippen LogP contribution in [0.5, 0.6) is 0 Å². The number of aliphatic hydroxyl groups excluding tert-OH is 2. The fourth-order valence-electron chi connectivity index (χ4n) is 3.97. The monoisotopic (exact) mass is 603 g/mol. The average Bonchev–Trinajstić information content (AvgIpc) is 3.03. The summed E-state index contributed by atoms with van der Waals surface area (Å²) in [6, 6.07) is -0.682. The Morgan fingerprint density at radius 3 is 1.45 bits per heavy atom. The lowest BCUT2D eigenvalue weighted by Gasteiger charge is -2.19. The smallest absolute Gasteiger partial charge is 0.220 e. The summed E-state index contributed by atoms with van der Waals surface area (Å²) < 4.78 is 0. The molecule has 0 aliphatic rings. The standard InChI is InChI=1S/C40H61NO3/c1-3-5-7-9-11-13-14-15-16-17-18-19-20-21-22-23-24-25-26-28-30-32-34-36-40(44)41-38(37-42)39(43)35-33-31-29-27-12-10-8-6-4-2/h4-7,11-13,15-16,18-19,21-22,24-25,27-28,30,33,35,38-39,42-43H,3,8-10,14,17,20,23,26,29,31-32,34,36-37H2,1-2H3,(H,41,44)/b6-4+,7-5-,13-11-,16-15-,19-18-,22-21-,25-24-,27-12+,30-28-,35-33+. The molecule has 0 aromatic carbocycles. The molecule has 0 saturated carbocycles. The van der Waals surface area contributed by atoms with Crippen LogP contribution in [0.25, 0.3) is 0 Å². The number of carbonyl (C=O) groups is 1. The highest BCUT2D eigenvalue weighted by Gasteiger charge is 2.17. The highest BCUT2D eigenvalue weighted by atomic mass is 16.3. The van der Waals surface area contributed by atoms with Crippen molar-refractivity contribution in [3.05, 3.63) is 122 Å². The Balaban J connectivity index is 3.87. The van der Waals surface area contributed by atoms with Crippen LogP contribution < -0.4 is 5.32 Å². The zero-order chi connectivity index (χ0) is 32.2. The van der Waals surface area contributed by atoms with Crippen LogP contribution in [0.15, 0.2) is 122 Å². The third-order valence-electron chi connectivity index (χ3n) is 6.50. The number of amides is 1. The van der Waals surface area contributed by atoms with E-state index in [1.165, 1.54) is 0 Å². The number of allylic oxidation sites excluding steroid dienone is 19. The second kappa shape index (κ2) is 34.3. The zero-order valence-corrected chi connectivity index (χ0v) is 27.6. The minimum Gasteiger partial charge on any atom is -0.394 e. The lowest BCUT2D eigenvalue weighted by atomic mass is 10.1. The molecule has 0 aromatic rings. The first-order valence-corrected chi connectivity index (χ1v) is 16.7. The predicted octanol–water partition coefficient (Wildman–Crippen LogP) is 9.89. The predicted molar refractivity (Wildman–Crippen MR) is 192 cm³/mol. The molecule has 0 bridgehead atoms. The summed E-state index contributed by atoms with van der Waals surface area (Å²) in [4.78, 5) is 12.2. The minimum absolute atomic E-state index is 0.147. The fourth-order valence-corrected chi connectivity index (χ4v) is 3.97. The van der Waals surface area contributed by atoms with Gasteiger partial charge in [0.25, 0.3) is 0 Å². The normalized spacial score (nSPS) is 14.7. The molecule has 2 unspecified atom stereocenters. The third kappa shape index (κ3) is 30.3. The van der Waals surface area contributed by atoms with E-state index in [9.17, 15) is 15.0 Å². The summed E-state index contributed by atoms with van der Waals surface area (Å²) >= 11 is 0. The molecule has 0 saturated heterocycles. The van der Waals surface area contributed by atoms with Gasteiger partial charge in [-0.3, -0.25) is 4.79 Å². The molecule has 0 spiro atoms. The van der Waals surface area contributed by atoms with Crippen molar-refractivity contribution < 1.29 is 15.0 Å². The van der Waals surface area contributed by atoms with E-state index in [2.05, 4.69) is 122 Å². The van der Waals surface area contributed by atoms with Gasteiger partial charge in [-0.05, 0) is 90.4 Å². The Morgan fingerprint density at radius 2 is 1.00 bits per heavy atom. The number of rotatable bonds is 27. The molecule has 2 atom stereocenters. The highest BCUT2D eigenvalue weighted by molar-refractivity contribution is 5.76. The van der Waals surface area contributed by atoms with Crippen molar-refractivity contribution in [2.24, 2.45) is 0 Å². The van der Waals surface area contributed by atoms with Crippen molar-refractivity contribution in [1.82, 2.24) is 5.32 Å². The van der Waals surface area contributed by atoms with Crippen molar-refractivity contribution in [3.8, 4) is 0 Å². The SMILES string of the molecule is C/C=C/CC/C=C/CC/C=C/C(O)C(CO)NC(=O)CCC/C=C\C/C=C\C/C=C\C/C=C\C/C=C\C/C=C\C/C=C\CC. The van der Waals surface area contributed by atoms with Gasteiger partial charge in [-0.15, -0.1) is 0 Å². The number of nitrogens with one attached hydrogen (secondary N) is 1. The van der Waals surface area contributed by atoms with Gasteiger partial charge in [-0.25, -0.2) is 0 Å². The van der Waals surface area contributed by atoms with Crippen molar-refractivity contribution in [3.63, 3.8) is 0 Å². The average molecular weight is 604 g/mol. The number of hydrogen-bond donors (Lipinski definition) is 3. The lowest BCUT2D eigenvalue weighted by molar-refractivity contribution is -0.122. The Hall–Kier alpha value is -3.21. The molecular formula is C40H61NO3. The largest absolute Gasteiger partial charge is 0.394 e. The molecule has 0 aliphatic carbocycles. The molecule has 0 heterocycles. The second-order valence-electron chi connectivity index (χ2n) is 10.5. The van der Waals surface area contributed by atoms with Crippen LogP contribution in [0.3, 0.4) is 0 Å². The molecule has 0 aliphatic heterocycles. The van der Waals surface area contributed by atoms with Gasteiger partial charge in [0.05, 0.1) is 18.8 Å². The summed E-state index contributed by atoms with van der Waals surface area (Å²) in [5, 5.41) is 22.6. The van der Waals surface area contributed by atoms with Crippen molar-refractivity contribution >= 4 is 5.91 Å². The Kier molecular flexibility index (Phi) is 31.8. The van der Waals surface area contributed by atoms with Crippen LogP contribution >= 0.6 is 0 Å². The van der Waals surface area contributed by atoms with E-state index in [-0.39, 0.29) is 12.5 Å². The van der Waals surface area contributed by atoms with Gasteiger partial charge in [0, 0.05) is 6.42 Å². The third-order valence-corrected chi connectivity index (χ3v) is 6.50. The molecule has 1 amide bonds. The van der Waals surface area contributed by atoms with Gasteiger partial charge in [0.15, 0.2) is 0 Å². The van der Waals surface area contributed by atoms with E-state index in [1.54, 1.807) is 6.08 Å². The first kappa shape index (κ1) is 40.8. The van der Waals surface area contributed by atoms with Gasteiger partial charge in [-0.1, -0.05) is 128 Å². The summed E-state index contributed by atoms with van der Waals surface area (Å²) in [7, 11) is 0. The van der Waals surface area contributed by atoms with Crippen LogP contribution in [0.1, 0.15) is 104 Å². The number of unbranched alkanes of at least 4 members (excludes halogenated alkanes) is 3. The zero-order valence-electron chi connectivity index (χ0n) is 27.6. The van der Waals surface area contributed by atoms with Gasteiger partial charge < -0.3 is 15.5 Å². The maximum Gasteiger partial charge on any atom is 0.220 e. The molecular weight excluding hydrogens is 542 g/mol. The first-order chi connectivity index (χ1) is 21.7. The van der Waals surface area contributed by atoms with Gasteiger partial charge >= 0.3 is 0 Å². The Bertz CT molecular complexity index is 959. The topological polar surface area (TPSA) is 69.6 Å². The van der Waals surface area contributed by atoms with Crippen LogP contribution in [0.2, 0.25) is 0 Å². The van der Waals surface area contributed by atoms with Crippen LogP contribution in [0.4, 0.5) is 0 Å². The van der Waals surface area contributed by atoms with Gasteiger partial charge in [0.2, 0.25) is 5.91 Å². The second-order valence-corrected chi connectivity index (χ2v) is 10.5. The van der Waals surface area contributed by atoms with Crippen LogP contribution in [-0.4, -0.2) is 34.9 Å². The first-order valence-electron chi connectivity index (χ1n) is 16.7. The molecule has 4 heteroatoms. The van der Waals surface area contributed by atoms with Gasteiger partial charge in [0.1, 0.15) is 0 Å². The van der Waals surface area contributed by atoms with E-state index < -0.39 is 12.1 Å². The van der Waals surface area contributed by atoms with Crippen molar-refractivity contribution in [2.75, 3.05) is 6.61 Å². The Labute approximate surface area is 269 Å². The van der Waals surface area contributed by atoms with Crippen molar-refractivity contribution in [2.45, 2.75) is 116 Å². The summed E-state index contributed by atoms with van der Waals surface area (Å²) in [5.74, 6) is -0.147. The molecule has 0 radical (unpaired) electrons. The molecule has 44 heavy (non-hydrogen) atoms. The van der Waals surface area contributed by atoms with Crippen molar-refractivity contribution in [1.29, 1.82) is 0 Å². The van der Waals surface area contributed by atoms with Crippen LogP contribution in [0, 0.1) is 0 Å². The minimum atomic E-state index is -0.899. The molecule has 3 N–H and O–H groups in total. The number of carbonyl (C=O) groups excluding carboxylic acids is 1. The van der Waals surface area contributed by atoms with E-state index in [0.717, 1.165) is 83.5 Å². The highest BCUT2D eigenvalue weighted by Crippen LogP contribution is 2.04. The summed E-state index contributed by atoms with van der Waals surface area (Å²) in [6.07, 6.45) is 54.4. The number of aliphatic hydroxyl groups is 2. The van der Waals surface area contributed by atoms with Crippen LogP contribution in [-0.2, 0) is 4.79 Å². The molecule has 0 aromatic heterocycles. The maximum absolute atomic E-state index is 12.2. The summed E-state index contributed by atoms with van der Waals surface area (Å²) in [6.45, 7) is 3.88. The molecule has 0 rings (SSSR count). The fraction of sp³-hybridized carbons (Fsp3) is 0.475. The lowest BCUT2D eigenvalue weighted by Crippen LogP contribution is -2.45. The molecule has 4 nitrogen and oxygen atoms in total.